The number of carbonyl (C=O) groups is 1. The van der Waals surface area contributed by atoms with E-state index in [0.717, 1.165) is 18.2 Å². The monoisotopic (exact) mass is 201 g/mol. The van der Waals surface area contributed by atoms with Crippen LogP contribution in [0, 0.1) is 11.6 Å². The smallest absolute Gasteiger partial charge is 0.320 e. The van der Waals surface area contributed by atoms with Gasteiger partial charge in [-0.3, -0.25) is 4.79 Å². The Kier molecular flexibility index (Phi) is 3.14. The van der Waals surface area contributed by atoms with Crippen LogP contribution in [-0.2, 0) is 11.2 Å². The Morgan fingerprint density at radius 3 is 2.29 bits per heavy atom. The van der Waals surface area contributed by atoms with Gasteiger partial charge in [0.25, 0.3) is 0 Å². The molecule has 1 rings (SSSR count). The molecule has 0 aromatic heterocycles. The summed E-state index contributed by atoms with van der Waals surface area (Å²) in [5, 5.41) is 8.47. The Balaban J connectivity index is 2.81. The van der Waals surface area contributed by atoms with Crippen molar-refractivity contribution in [2.24, 2.45) is 5.73 Å². The minimum atomic E-state index is -1.20. The number of benzene rings is 1. The Labute approximate surface area is 79.2 Å². The summed E-state index contributed by atoms with van der Waals surface area (Å²) in [6, 6.07) is 1.70. The first-order valence-corrected chi connectivity index (χ1v) is 3.92. The topological polar surface area (TPSA) is 63.3 Å². The van der Waals surface area contributed by atoms with Crippen molar-refractivity contribution in [3.63, 3.8) is 0 Å². The van der Waals surface area contributed by atoms with Crippen molar-refractivity contribution in [2.45, 2.75) is 12.5 Å². The van der Waals surface area contributed by atoms with Gasteiger partial charge in [0.1, 0.15) is 17.7 Å². The van der Waals surface area contributed by atoms with Crippen LogP contribution in [0.15, 0.2) is 18.2 Å². The highest BCUT2D eigenvalue weighted by Gasteiger charge is 2.13. The summed E-state index contributed by atoms with van der Waals surface area (Å²) < 4.78 is 25.3. The number of carboxylic acid groups (broad SMARTS) is 1. The predicted octanol–water partition coefficient (Wildman–Crippen LogP) is 0.919. The molecule has 0 amide bonds. The van der Waals surface area contributed by atoms with E-state index in [0.29, 0.717) is 0 Å². The first-order chi connectivity index (χ1) is 6.49. The van der Waals surface area contributed by atoms with Crippen molar-refractivity contribution in [1.82, 2.24) is 0 Å². The van der Waals surface area contributed by atoms with Gasteiger partial charge in [-0.05, 0) is 24.1 Å². The third-order valence-corrected chi connectivity index (χ3v) is 1.70. The van der Waals surface area contributed by atoms with E-state index in [-0.39, 0.29) is 12.0 Å². The zero-order chi connectivity index (χ0) is 10.7. The van der Waals surface area contributed by atoms with Gasteiger partial charge in [-0.1, -0.05) is 0 Å². The molecule has 0 saturated heterocycles. The van der Waals surface area contributed by atoms with Crippen LogP contribution < -0.4 is 5.73 Å². The first kappa shape index (κ1) is 10.6. The zero-order valence-electron chi connectivity index (χ0n) is 7.21. The van der Waals surface area contributed by atoms with Gasteiger partial charge in [0.2, 0.25) is 0 Å². The van der Waals surface area contributed by atoms with Gasteiger partial charge in [-0.15, -0.1) is 0 Å². The molecule has 0 fully saturated rings. The van der Waals surface area contributed by atoms with Crippen LogP contribution in [0.2, 0.25) is 0 Å². The van der Waals surface area contributed by atoms with E-state index in [1.165, 1.54) is 0 Å². The Hall–Kier alpha value is -1.49. The lowest BCUT2D eigenvalue weighted by Crippen LogP contribution is -2.32. The second-order valence-corrected chi connectivity index (χ2v) is 2.93. The number of hydrogen-bond acceptors (Lipinski definition) is 2. The van der Waals surface area contributed by atoms with Crippen molar-refractivity contribution in [3.8, 4) is 0 Å². The standard InChI is InChI=1S/C9H9F2NO2/c10-6-1-5(2-7(11)4-6)3-8(12)9(13)14/h1-2,4,8H,3,12H2,(H,13,14)/t8-/m0/s1. The van der Waals surface area contributed by atoms with E-state index in [9.17, 15) is 13.6 Å². The maximum atomic E-state index is 12.7. The van der Waals surface area contributed by atoms with E-state index in [2.05, 4.69) is 0 Å². The van der Waals surface area contributed by atoms with E-state index in [1.54, 1.807) is 0 Å². The molecule has 0 unspecified atom stereocenters. The van der Waals surface area contributed by atoms with Gasteiger partial charge >= 0.3 is 5.97 Å². The lowest BCUT2D eigenvalue weighted by Gasteiger charge is -2.06. The Morgan fingerprint density at radius 2 is 1.86 bits per heavy atom. The van der Waals surface area contributed by atoms with Crippen LogP contribution >= 0.6 is 0 Å². The molecule has 1 aromatic rings. The van der Waals surface area contributed by atoms with Crippen LogP contribution in [0.25, 0.3) is 0 Å². The van der Waals surface area contributed by atoms with Crippen molar-refractivity contribution >= 4 is 5.97 Å². The molecule has 0 heterocycles. The molecule has 3 nitrogen and oxygen atoms in total. The fourth-order valence-electron chi connectivity index (χ4n) is 1.07. The highest BCUT2D eigenvalue weighted by Crippen LogP contribution is 2.09. The summed E-state index contributed by atoms with van der Waals surface area (Å²) in [7, 11) is 0. The minimum Gasteiger partial charge on any atom is -0.480 e. The molecule has 3 N–H and O–H groups in total. The Bertz CT molecular complexity index is 334. The van der Waals surface area contributed by atoms with Gasteiger partial charge in [-0.2, -0.15) is 0 Å². The van der Waals surface area contributed by atoms with Crippen molar-refractivity contribution in [2.75, 3.05) is 0 Å². The average Bonchev–Trinajstić information content (AvgIpc) is 2.01. The maximum Gasteiger partial charge on any atom is 0.320 e. The van der Waals surface area contributed by atoms with Crippen LogP contribution in [0.4, 0.5) is 8.78 Å². The first-order valence-electron chi connectivity index (χ1n) is 3.92. The summed E-state index contributed by atoms with van der Waals surface area (Å²) >= 11 is 0. The lowest BCUT2D eigenvalue weighted by molar-refractivity contribution is -0.138. The van der Waals surface area contributed by atoms with Gasteiger partial charge in [0.05, 0.1) is 0 Å². The molecular formula is C9H9F2NO2. The van der Waals surface area contributed by atoms with Gasteiger partial charge in [0.15, 0.2) is 0 Å². The van der Waals surface area contributed by atoms with Crippen LogP contribution in [0.1, 0.15) is 5.56 Å². The zero-order valence-corrected chi connectivity index (χ0v) is 7.21. The largest absolute Gasteiger partial charge is 0.480 e. The molecule has 1 aromatic carbocycles. The summed E-state index contributed by atoms with van der Waals surface area (Å²) in [4.78, 5) is 10.4. The molecule has 0 aliphatic heterocycles. The molecule has 0 saturated carbocycles. The third kappa shape index (κ3) is 2.77. The quantitative estimate of drug-likeness (QED) is 0.764. The molecular weight excluding hydrogens is 192 g/mol. The van der Waals surface area contributed by atoms with E-state index in [1.807, 2.05) is 0 Å². The second-order valence-electron chi connectivity index (χ2n) is 2.93. The fourth-order valence-corrected chi connectivity index (χ4v) is 1.07. The molecule has 14 heavy (non-hydrogen) atoms. The number of nitrogens with two attached hydrogens (primary N) is 1. The van der Waals surface area contributed by atoms with E-state index in [4.69, 9.17) is 10.8 Å². The number of halogens is 2. The molecule has 76 valence electrons. The summed E-state index contributed by atoms with van der Waals surface area (Å²) in [5.41, 5.74) is 5.44. The highest BCUT2D eigenvalue weighted by atomic mass is 19.1. The fraction of sp³-hybridized carbons (Fsp3) is 0.222. The lowest BCUT2D eigenvalue weighted by atomic mass is 10.1. The summed E-state index contributed by atoms with van der Waals surface area (Å²) in [6.45, 7) is 0. The molecule has 5 heteroatoms. The molecule has 0 spiro atoms. The molecule has 0 aliphatic carbocycles. The Morgan fingerprint density at radius 1 is 1.36 bits per heavy atom. The molecule has 0 bridgehead atoms. The van der Waals surface area contributed by atoms with Crippen molar-refractivity contribution in [3.05, 3.63) is 35.4 Å². The van der Waals surface area contributed by atoms with E-state index < -0.39 is 23.6 Å². The summed E-state index contributed by atoms with van der Waals surface area (Å²) in [6.07, 6.45) is -0.0932. The molecule has 0 aliphatic rings. The number of carboxylic acids is 1. The third-order valence-electron chi connectivity index (χ3n) is 1.70. The van der Waals surface area contributed by atoms with Crippen LogP contribution in [0.3, 0.4) is 0 Å². The van der Waals surface area contributed by atoms with Crippen LogP contribution in [0.5, 0.6) is 0 Å². The predicted molar refractivity (Wildman–Crippen MR) is 45.7 cm³/mol. The summed E-state index contributed by atoms with van der Waals surface area (Å²) in [5.74, 6) is -2.68. The van der Waals surface area contributed by atoms with Crippen LogP contribution in [-0.4, -0.2) is 17.1 Å². The number of aliphatic carboxylic acids is 1. The minimum absolute atomic E-state index is 0.0932. The number of hydrogen-bond donors (Lipinski definition) is 2. The molecule has 1 atom stereocenters. The highest BCUT2D eigenvalue weighted by molar-refractivity contribution is 5.73. The van der Waals surface area contributed by atoms with Gasteiger partial charge in [0, 0.05) is 6.07 Å². The maximum absolute atomic E-state index is 12.7. The SMILES string of the molecule is N[C@@H](Cc1cc(F)cc(F)c1)C(=O)O. The van der Waals surface area contributed by atoms with Crippen molar-refractivity contribution < 1.29 is 18.7 Å². The van der Waals surface area contributed by atoms with Gasteiger partial charge < -0.3 is 10.8 Å². The van der Waals surface area contributed by atoms with E-state index >= 15 is 0 Å². The normalized spacial score (nSPS) is 12.5. The number of rotatable bonds is 3. The molecule has 0 radical (unpaired) electrons. The second kappa shape index (κ2) is 4.15. The van der Waals surface area contributed by atoms with Crippen molar-refractivity contribution in [1.29, 1.82) is 0 Å². The van der Waals surface area contributed by atoms with Gasteiger partial charge in [-0.25, -0.2) is 8.78 Å². The average molecular weight is 201 g/mol.